The Bertz CT molecular complexity index is 861. The van der Waals surface area contributed by atoms with Crippen LogP contribution in [0.2, 0.25) is 0 Å². The van der Waals surface area contributed by atoms with Crippen molar-refractivity contribution in [3.63, 3.8) is 0 Å². The van der Waals surface area contributed by atoms with Crippen LogP contribution in [-0.2, 0) is 34.7 Å². The zero-order chi connectivity index (χ0) is 27.0. The van der Waals surface area contributed by atoms with E-state index >= 15 is 0 Å². The Labute approximate surface area is 234 Å². The van der Waals surface area contributed by atoms with Crippen LogP contribution in [0.1, 0.15) is 83.9 Å². The molecule has 4 rings (SSSR count). The van der Waals surface area contributed by atoms with Crippen molar-refractivity contribution in [1.82, 2.24) is 0 Å². The maximum atomic E-state index is 10.7. The Morgan fingerprint density at radius 3 is 1.64 bits per heavy atom. The number of hydrogen-bond donors (Lipinski definition) is 1. The summed E-state index contributed by atoms with van der Waals surface area (Å²) >= 11 is -0.368. The molecule has 0 spiro atoms. The van der Waals surface area contributed by atoms with E-state index in [1.807, 2.05) is 36.4 Å². The molecule has 0 unspecified atom stereocenters. The number of nitrogens with zero attached hydrogens (tertiary/aromatic N) is 1. The zero-order valence-electron chi connectivity index (χ0n) is 22.7. The molecule has 0 radical (unpaired) electrons. The van der Waals surface area contributed by atoms with Gasteiger partial charge < -0.3 is 14.6 Å². The Morgan fingerprint density at radius 1 is 0.806 bits per heavy atom. The van der Waals surface area contributed by atoms with E-state index in [2.05, 4.69) is 52.6 Å². The summed E-state index contributed by atoms with van der Waals surface area (Å²) in [6.45, 7) is 16.9. The van der Waals surface area contributed by atoms with Crippen molar-refractivity contribution in [2.45, 2.75) is 78.1 Å². The van der Waals surface area contributed by atoms with Gasteiger partial charge in [0.2, 0.25) is 0 Å². The van der Waals surface area contributed by atoms with E-state index in [4.69, 9.17) is 29.2 Å². The maximum absolute atomic E-state index is 10.7. The fourth-order valence-corrected chi connectivity index (χ4v) is 3.44. The summed E-state index contributed by atoms with van der Waals surface area (Å²) in [6.07, 6.45) is 6.87. The summed E-state index contributed by atoms with van der Waals surface area (Å²) in [7, 11) is 9.72. The molecule has 0 atom stereocenters. The fourth-order valence-electron chi connectivity index (χ4n) is 3.44. The summed E-state index contributed by atoms with van der Waals surface area (Å²) in [5.74, 6) is 0.324. The van der Waals surface area contributed by atoms with Gasteiger partial charge in [-0.3, -0.25) is 4.99 Å². The van der Waals surface area contributed by atoms with Crippen LogP contribution in [0.25, 0.3) is 0 Å². The quantitative estimate of drug-likeness (QED) is 0.365. The number of halogens is 2. The first kappa shape index (κ1) is 33.0. The second kappa shape index (κ2) is 17.5. The van der Waals surface area contributed by atoms with Crippen LogP contribution >= 0.6 is 19.7 Å². The van der Waals surface area contributed by atoms with E-state index in [1.165, 1.54) is 31.2 Å². The monoisotopic (exact) mass is 574 g/mol. The number of ether oxygens (including phenoxy) is 2. The molecule has 7 heteroatoms. The molecule has 0 amide bonds. The molecule has 201 valence electrons. The standard InChI is InChI=1S/C21H27NO.2C4H8O.2ClH.V/c1-20(2,3)16-12-15(14-22-17-10-8-7-9-11-17)19(23)18(13-16)21(4,5)6;2*1-2-4-5-3-1;;;/h7-14,23H,1-6H3;2*1-4H2;2*1H;/q;;;;;+2/p-2. The Morgan fingerprint density at radius 2 is 1.28 bits per heavy atom. The van der Waals surface area contributed by atoms with Crippen LogP contribution < -0.4 is 0 Å². The molecular formula is C29H43Cl2NO3V. The van der Waals surface area contributed by atoms with Gasteiger partial charge in [-0.05, 0) is 60.3 Å². The van der Waals surface area contributed by atoms with E-state index < -0.39 is 0 Å². The molecule has 0 saturated carbocycles. The van der Waals surface area contributed by atoms with Gasteiger partial charge in [0.05, 0.1) is 5.69 Å². The molecule has 2 heterocycles. The van der Waals surface area contributed by atoms with Gasteiger partial charge in [0.1, 0.15) is 5.75 Å². The summed E-state index contributed by atoms with van der Waals surface area (Å²) in [4.78, 5) is 4.50. The third kappa shape index (κ3) is 13.5. The Balaban J connectivity index is 0.000000401. The van der Waals surface area contributed by atoms with Crippen molar-refractivity contribution in [2.75, 3.05) is 26.4 Å². The average molecular weight is 576 g/mol. The molecule has 4 nitrogen and oxygen atoms in total. The van der Waals surface area contributed by atoms with Gasteiger partial charge in [-0.15, -0.1) is 0 Å². The van der Waals surface area contributed by atoms with Crippen LogP contribution in [0.15, 0.2) is 47.5 Å². The number of aliphatic imine (C=N–C) groups is 1. The first-order valence-electron chi connectivity index (χ1n) is 12.6. The molecular weight excluding hydrogens is 532 g/mol. The van der Waals surface area contributed by atoms with Gasteiger partial charge in [0, 0.05) is 43.8 Å². The number of hydrogen-bond acceptors (Lipinski definition) is 4. The summed E-state index contributed by atoms with van der Waals surface area (Å²) in [5.41, 5.74) is 3.70. The van der Waals surface area contributed by atoms with Crippen LogP contribution in [0.5, 0.6) is 5.75 Å². The predicted octanol–water partition coefficient (Wildman–Crippen LogP) is 8.71. The van der Waals surface area contributed by atoms with Crippen molar-refractivity contribution in [1.29, 1.82) is 0 Å². The third-order valence-corrected chi connectivity index (χ3v) is 5.58. The zero-order valence-corrected chi connectivity index (χ0v) is 25.6. The molecule has 36 heavy (non-hydrogen) atoms. The molecule has 2 aromatic carbocycles. The fraction of sp³-hybridized carbons (Fsp3) is 0.552. The summed E-state index contributed by atoms with van der Waals surface area (Å²) in [6, 6.07) is 13.9. The Kier molecular flexibility index (Phi) is 16.0. The first-order valence-corrected chi connectivity index (χ1v) is 16.4. The van der Waals surface area contributed by atoms with Gasteiger partial charge in [-0.1, -0.05) is 65.8 Å². The molecule has 2 aromatic rings. The summed E-state index contributed by atoms with van der Waals surface area (Å²) < 4.78 is 9.89. The molecule has 0 bridgehead atoms. The number of phenolic OH excluding ortho intramolecular Hbond substituents is 1. The minimum absolute atomic E-state index is 0.0169. The van der Waals surface area contributed by atoms with Gasteiger partial charge in [0.25, 0.3) is 0 Å². The summed E-state index contributed by atoms with van der Waals surface area (Å²) in [5, 5.41) is 10.7. The molecule has 0 aromatic heterocycles. The van der Waals surface area contributed by atoms with Crippen LogP contribution in [0.3, 0.4) is 0 Å². The number of aromatic hydroxyl groups is 1. The van der Waals surface area contributed by atoms with Gasteiger partial charge in [-0.2, -0.15) is 0 Å². The van der Waals surface area contributed by atoms with Gasteiger partial charge in [0.15, 0.2) is 0 Å². The van der Waals surface area contributed by atoms with Crippen LogP contribution in [-0.4, -0.2) is 37.7 Å². The van der Waals surface area contributed by atoms with Crippen LogP contribution in [0.4, 0.5) is 5.69 Å². The van der Waals surface area contributed by atoms with Crippen molar-refractivity contribution >= 4 is 31.6 Å². The molecule has 2 saturated heterocycles. The number of phenols is 1. The first-order chi connectivity index (χ1) is 17.0. The minimum atomic E-state index is -0.368. The molecule has 0 aliphatic carbocycles. The van der Waals surface area contributed by atoms with E-state index in [1.54, 1.807) is 6.21 Å². The third-order valence-electron chi connectivity index (χ3n) is 5.58. The van der Waals surface area contributed by atoms with Gasteiger partial charge >= 0.3 is 34.1 Å². The average Bonchev–Trinajstić information content (AvgIpc) is 3.57. The molecule has 2 fully saturated rings. The van der Waals surface area contributed by atoms with Crippen molar-refractivity contribution in [3.05, 3.63) is 59.2 Å². The number of rotatable bonds is 2. The van der Waals surface area contributed by atoms with E-state index in [0.29, 0.717) is 5.75 Å². The molecule has 2 aliphatic heterocycles. The van der Waals surface area contributed by atoms with Crippen LogP contribution in [0, 0.1) is 0 Å². The predicted molar refractivity (Wildman–Crippen MR) is 151 cm³/mol. The Hall–Kier alpha value is -1.01. The molecule has 2 aliphatic rings. The normalized spacial score (nSPS) is 15.2. The van der Waals surface area contributed by atoms with Crippen molar-refractivity contribution in [3.8, 4) is 5.75 Å². The van der Waals surface area contributed by atoms with Gasteiger partial charge in [-0.25, -0.2) is 0 Å². The second-order valence-electron chi connectivity index (χ2n) is 10.8. The van der Waals surface area contributed by atoms with Crippen molar-refractivity contribution < 1.29 is 29.0 Å². The number of benzene rings is 2. The van der Waals surface area contributed by atoms with E-state index in [-0.39, 0.29) is 25.2 Å². The van der Waals surface area contributed by atoms with E-state index in [9.17, 15) is 5.11 Å². The van der Waals surface area contributed by atoms with E-state index in [0.717, 1.165) is 43.2 Å². The number of para-hydroxylation sites is 1. The SMILES string of the molecule is C1CCOC1.C1CCOC1.CC(C)(C)c1cc(C=Nc2ccccc2)c(O)c(C(C)(C)C)c1.[Cl][V][Cl]. The second-order valence-corrected chi connectivity index (χ2v) is 13.1. The molecule has 1 N–H and O–H groups in total. The van der Waals surface area contributed by atoms with Crippen molar-refractivity contribution in [2.24, 2.45) is 4.99 Å². The topological polar surface area (TPSA) is 51.0 Å².